The lowest BCUT2D eigenvalue weighted by atomic mass is 10.1. The summed E-state index contributed by atoms with van der Waals surface area (Å²) in [6.07, 6.45) is 2.31. The number of ether oxygens (including phenoxy) is 1. The van der Waals surface area contributed by atoms with Crippen molar-refractivity contribution in [3.05, 3.63) is 63.8 Å². The second-order valence-electron chi connectivity index (χ2n) is 6.30. The molecule has 27 heavy (non-hydrogen) atoms. The lowest BCUT2D eigenvalue weighted by Crippen LogP contribution is -2.43. The van der Waals surface area contributed by atoms with E-state index in [1.54, 1.807) is 19.2 Å². The fraction of sp³-hybridized carbons (Fsp3) is 0.368. The average molecular weight is 396 g/mol. The molecule has 1 atom stereocenters. The van der Waals surface area contributed by atoms with E-state index in [9.17, 15) is 14.0 Å². The Kier molecular flexibility index (Phi) is 7.53. The molecule has 2 N–H and O–H groups in total. The minimum Gasteiger partial charge on any atom is -0.379 e. The van der Waals surface area contributed by atoms with Crippen LogP contribution in [0, 0.1) is 12.7 Å². The van der Waals surface area contributed by atoms with Crippen molar-refractivity contribution in [2.24, 2.45) is 0 Å². The van der Waals surface area contributed by atoms with E-state index in [0.717, 1.165) is 13.0 Å². The van der Waals surface area contributed by atoms with Crippen LogP contribution in [-0.4, -0.2) is 42.8 Å². The molecule has 0 spiro atoms. The highest BCUT2D eigenvalue weighted by Crippen LogP contribution is 2.10. The number of hydrogen-bond donors (Lipinski definition) is 2. The highest BCUT2D eigenvalue weighted by atomic mass is 35.5. The Morgan fingerprint density at radius 1 is 1.33 bits per heavy atom. The van der Waals surface area contributed by atoms with Crippen molar-refractivity contribution in [3.63, 3.8) is 0 Å². The van der Waals surface area contributed by atoms with Crippen LogP contribution < -0.4 is 16.2 Å². The molecule has 1 aromatic carbocycles. The third-order valence-electron chi connectivity index (χ3n) is 4.41. The van der Waals surface area contributed by atoms with Gasteiger partial charge in [0, 0.05) is 31.0 Å². The summed E-state index contributed by atoms with van der Waals surface area (Å²) in [4.78, 5) is 25.3. The molecule has 0 saturated carbocycles. The fourth-order valence-electron chi connectivity index (χ4n) is 2.96. The number of pyridine rings is 1. The molecule has 1 fully saturated rings. The topological polar surface area (TPSA) is 72.4 Å². The first-order valence-electron chi connectivity index (χ1n) is 8.64. The van der Waals surface area contributed by atoms with Crippen LogP contribution in [0.1, 0.15) is 22.3 Å². The van der Waals surface area contributed by atoms with Gasteiger partial charge in [-0.15, -0.1) is 12.4 Å². The van der Waals surface area contributed by atoms with Gasteiger partial charge in [-0.1, -0.05) is 0 Å². The number of aromatic nitrogens is 1. The van der Waals surface area contributed by atoms with Gasteiger partial charge in [0.25, 0.3) is 11.5 Å². The van der Waals surface area contributed by atoms with Crippen LogP contribution >= 0.6 is 12.4 Å². The van der Waals surface area contributed by atoms with E-state index in [2.05, 4.69) is 10.6 Å². The molecule has 1 unspecified atom stereocenters. The molecule has 8 heteroatoms. The lowest BCUT2D eigenvalue weighted by Gasteiger charge is -2.23. The van der Waals surface area contributed by atoms with Crippen molar-refractivity contribution >= 4 is 18.3 Å². The molecule has 1 amide bonds. The Morgan fingerprint density at radius 3 is 2.74 bits per heavy atom. The van der Waals surface area contributed by atoms with E-state index in [4.69, 9.17) is 4.74 Å². The van der Waals surface area contributed by atoms with Gasteiger partial charge in [-0.2, -0.15) is 0 Å². The predicted octanol–water partition coefficient (Wildman–Crippen LogP) is 1.82. The number of nitrogens with one attached hydrogen (secondary N) is 2. The number of carbonyl (C=O) groups excluding carboxylic acids is 1. The first-order chi connectivity index (χ1) is 12.6. The van der Waals surface area contributed by atoms with Crippen LogP contribution in [0.5, 0.6) is 0 Å². The van der Waals surface area contributed by atoms with E-state index in [1.807, 2.05) is 0 Å². The highest BCUT2D eigenvalue weighted by Gasteiger charge is 2.18. The van der Waals surface area contributed by atoms with E-state index < -0.39 is 11.5 Å². The second kappa shape index (κ2) is 9.64. The summed E-state index contributed by atoms with van der Waals surface area (Å²) >= 11 is 0. The molecule has 2 heterocycles. The number of amides is 1. The number of aryl methyl sites for hydroxylation is 1. The summed E-state index contributed by atoms with van der Waals surface area (Å²) < 4.78 is 19.8. The quantitative estimate of drug-likeness (QED) is 0.810. The van der Waals surface area contributed by atoms with Gasteiger partial charge in [0.15, 0.2) is 0 Å². The van der Waals surface area contributed by atoms with Gasteiger partial charge in [0.05, 0.1) is 13.2 Å². The minimum absolute atomic E-state index is 0. The Hall–Kier alpha value is -2.22. The SMILES string of the molecule is Cc1ccn(-c2ccc(F)cc2)c(=O)c1C(=O)NCCC1COCCN1.Cl. The Balaban J connectivity index is 0.00000261. The zero-order chi connectivity index (χ0) is 18.5. The van der Waals surface area contributed by atoms with Crippen molar-refractivity contribution in [2.75, 3.05) is 26.3 Å². The maximum atomic E-state index is 13.1. The van der Waals surface area contributed by atoms with Gasteiger partial charge >= 0.3 is 0 Å². The van der Waals surface area contributed by atoms with Crippen LogP contribution in [0.4, 0.5) is 4.39 Å². The van der Waals surface area contributed by atoms with Gasteiger partial charge < -0.3 is 15.4 Å². The monoisotopic (exact) mass is 395 g/mol. The third-order valence-corrected chi connectivity index (χ3v) is 4.41. The number of rotatable bonds is 5. The van der Waals surface area contributed by atoms with E-state index in [1.165, 1.54) is 28.8 Å². The predicted molar refractivity (Wildman–Crippen MR) is 104 cm³/mol. The normalized spacial score (nSPS) is 16.4. The third kappa shape index (κ3) is 5.15. The van der Waals surface area contributed by atoms with Crippen LogP contribution in [0.2, 0.25) is 0 Å². The Labute approximate surface area is 163 Å². The summed E-state index contributed by atoms with van der Waals surface area (Å²) in [6, 6.07) is 7.47. The molecule has 146 valence electrons. The fourth-order valence-corrected chi connectivity index (χ4v) is 2.96. The van der Waals surface area contributed by atoms with Crippen molar-refractivity contribution < 1.29 is 13.9 Å². The molecule has 0 radical (unpaired) electrons. The van der Waals surface area contributed by atoms with Gasteiger partial charge in [0.2, 0.25) is 0 Å². The molecular weight excluding hydrogens is 373 g/mol. The van der Waals surface area contributed by atoms with Crippen molar-refractivity contribution in [2.45, 2.75) is 19.4 Å². The zero-order valence-electron chi connectivity index (χ0n) is 15.0. The molecule has 2 aromatic rings. The van der Waals surface area contributed by atoms with Crippen molar-refractivity contribution in [3.8, 4) is 5.69 Å². The summed E-state index contributed by atoms with van der Waals surface area (Å²) in [5, 5.41) is 6.13. The smallest absolute Gasteiger partial charge is 0.268 e. The van der Waals surface area contributed by atoms with Crippen molar-refractivity contribution in [1.29, 1.82) is 0 Å². The number of halogens is 2. The maximum absolute atomic E-state index is 13.1. The second-order valence-corrected chi connectivity index (χ2v) is 6.30. The molecule has 3 rings (SSSR count). The molecule has 1 aliphatic heterocycles. The number of nitrogens with zero attached hydrogens (tertiary/aromatic N) is 1. The van der Waals surface area contributed by atoms with Crippen LogP contribution in [0.3, 0.4) is 0 Å². The molecule has 1 aliphatic rings. The van der Waals surface area contributed by atoms with Gasteiger partial charge in [-0.25, -0.2) is 4.39 Å². The summed E-state index contributed by atoms with van der Waals surface area (Å²) in [5.41, 5.74) is 0.789. The van der Waals surface area contributed by atoms with Crippen LogP contribution in [-0.2, 0) is 4.74 Å². The van der Waals surface area contributed by atoms with Gasteiger partial charge in [0.1, 0.15) is 11.4 Å². The van der Waals surface area contributed by atoms with Crippen LogP contribution in [0.15, 0.2) is 41.3 Å². The highest BCUT2D eigenvalue weighted by molar-refractivity contribution is 5.95. The standard InChI is InChI=1S/C19H22FN3O3.ClH/c1-13-7-10-23(16-4-2-14(20)3-5-16)19(25)17(13)18(24)22-8-6-15-12-26-11-9-21-15;/h2-5,7,10,15,21H,6,8-9,11-12H2,1H3,(H,22,24);1H. The summed E-state index contributed by atoms with van der Waals surface area (Å²) in [5.74, 6) is -0.784. The van der Waals surface area contributed by atoms with Gasteiger partial charge in [-0.05, 0) is 49.2 Å². The zero-order valence-corrected chi connectivity index (χ0v) is 15.9. The number of hydrogen-bond acceptors (Lipinski definition) is 4. The Bertz CT molecular complexity index is 833. The first-order valence-corrected chi connectivity index (χ1v) is 8.64. The van der Waals surface area contributed by atoms with E-state index in [0.29, 0.717) is 31.0 Å². The van der Waals surface area contributed by atoms with Crippen LogP contribution in [0.25, 0.3) is 5.69 Å². The maximum Gasteiger partial charge on any atom is 0.268 e. The Morgan fingerprint density at radius 2 is 2.07 bits per heavy atom. The lowest BCUT2D eigenvalue weighted by molar-refractivity contribution is 0.0732. The minimum atomic E-state index is -0.423. The summed E-state index contributed by atoms with van der Waals surface area (Å²) in [7, 11) is 0. The number of morpholine rings is 1. The first kappa shape index (κ1) is 21.1. The number of benzene rings is 1. The van der Waals surface area contributed by atoms with E-state index in [-0.39, 0.29) is 29.8 Å². The van der Waals surface area contributed by atoms with E-state index >= 15 is 0 Å². The molecule has 0 aliphatic carbocycles. The van der Waals surface area contributed by atoms with Gasteiger partial charge in [-0.3, -0.25) is 14.2 Å². The summed E-state index contributed by atoms with van der Waals surface area (Å²) in [6.45, 7) is 4.30. The number of carbonyl (C=O) groups is 1. The molecule has 1 saturated heterocycles. The molecule has 1 aromatic heterocycles. The molecular formula is C19H23ClFN3O3. The largest absolute Gasteiger partial charge is 0.379 e. The average Bonchev–Trinajstić information content (AvgIpc) is 2.64. The van der Waals surface area contributed by atoms with Crippen molar-refractivity contribution in [1.82, 2.24) is 15.2 Å². The molecule has 6 nitrogen and oxygen atoms in total. The molecule has 0 bridgehead atoms.